The SMILES string of the molecule is CN1CCC(Nc2cc(F)cc3c2ccn3CC(F)(F)F)CC1. The fourth-order valence-electron chi connectivity index (χ4n) is 3.08. The van der Waals surface area contributed by atoms with Crippen LogP contribution in [-0.4, -0.2) is 41.8 Å². The third-order valence-corrected chi connectivity index (χ3v) is 4.28. The number of fused-ring (bicyclic) bond motifs is 1. The molecule has 1 fully saturated rings. The van der Waals surface area contributed by atoms with Gasteiger partial charge >= 0.3 is 6.18 Å². The standard InChI is InChI=1S/C16H19F4N3/c1-22-5-2-12(3-6-22)21-14-8-11(17)9-15-13(14)4-7-23(15)10-16(18,19)20/h4,7-9,12,21H,2-3,5-6,10H2,1H3. The molecule has 0 unspecified atom stereocenters. The summed E-state index contributed by atoms with van der Waals surface area (Å²) in [6.45, 7) is 0.782. The number of piperidine rings is 1. The van der Waals surface area contributed by atoms with Crippen LogP contribution in [0.3, 0.4) is 0 Å². The van der Waals surface area contributed by atoms with E-state index in [-0.39, 0.29) is 11.6 Å². The zero-order chi connectivity index (χ0) is 16.6. The topological polar surface area (TPSA) is 20.2 Å². The monoisotopic (exact) mass is 329 g/mol. The number of hydrogen-bond donors (Lipinski definition) is 1. The second-order valence-electron chi connectivity index (χ2n) is 6.17. The lowest BCUT2D eigenvalue weighted by Crippen LogP contribution is -2.36. The van der Waals surface area contributed by atoms with Gasteiger partial charge in [0.25, 0.3) is 0 Å². The van der Waals surface area contributed by atoms with Gasteiger partial charge < -0.3 is 14.8 Å². The fourth-order valence-corrected chi connectivity index (χ4v) is 3.08. The van der Waals surface area contributed by atoms with Crippen LogP contribution >= 0.6 is 0 Å². The maximum Gasteiger partial charge on any atom is 0.406 e. The molecular weight excluding hydrogens is 310 g/mol. The molecule has 0 atom stereocenters. The van der Waals surface area contributed by atoms with Gasteiger partial charge in [-0.25, -0.2) is 4.39 Å². The van der Waals surface area contributed by atoms with Crippen molar-refractivity contribution in [2.24, 2.45) is 0 Å². The average molecular weight is 329 g/mol. The number of nitrogens with one attached hydrogen (secondary N) is 1. The van der Waals surface area contributed by atoms with Crippen molar-refractivity contribution in [3.63, 3.8) is 0 Å². The first kappa shape index (κ1) is 16.1. The molecule has 2 aromatic rings. The Balaban J connectivity index is 1.88. The van der Waals surface area contributed by atoms with Crippen LogP contribution in [-0.2, 0) is 6.54 Å². The molecule has 2 heterocycles. The van der Waals surface area contributed by atoms with Crippen molar-refractivity contribution >= 4 is 16.6 Å². The van der Waals surface area contributed by atoms with Crippen LogP contribution in [0.4, 0.5) is 23.2 Å². The first-order valence-corrected chi connectivity index (χ1v) is 7.62. The van der Waals surface area contributed by atoms with E-state index in [9.17, 15) is 17.6 Å². The number of hydrogen-bond acceptors (Lipinski definition) is 2. The molecule has 3 nitrogen and oxygen atoms in total. The molecule has 0 saturated carbocycles. The van der Waals surface area contributed by atoms with Gasteiger partial charge in [-0.3, -0.25) is 0 Å². The number of halogens is 4. The molecule has 1 aromatic carbocycles. The second-order valence-corrected chi connectivity index (χ2v) is 6.17. The first-order valence-electron chi connectivity index (χ1n) is 7.62. The Morgan fingerprint density at radius 2 is 1.91 bits per heavy atom. The van der Waals surface area contributed by atoms with Gasteiger partial charge in [-0.15, -0.1) is 0 Å². The van der Waals surface area contributed by atoms with Crippen LogP contribution in [0.1, 0.15) is 12.8 Å². The minimum atomic E-state index is -4.33. The minimum Gasteiger partial charge on any atom is -0.382 e. The molecule has 0 aliphatic carbocycles. The molecule has 0 bridgehead atoms. The summed E-state index contributed by atoms with van der Waals surface area (Å²) in [5, 5.41) is 3.92. The first-order chi connectivity index (χ1) is 10.8. The van der Waals surface area contributed by atoms with Gasteiger partial charge in [-0.2, -0.15) is 13.2 Å². The zero-order valence-corrected chi connectivity index (χ0v) is 12.8. The maximum absolute atomic E-state index is 13.9. The fraction of sp³-hybridized carbons (Fsp3) is 0.500. The lowest BCUT2D eigenvalue weighted by Gasteiger charge is -2.30. The number of alkyl halides is 3. The Morgan fingerprint density at radius 1 is 1.22 bits per heavy atom. The summed E-state index contributed by atoms with van der Waals surface area (Å²) in [4.78, 5) is 2.22. The van der Waals surface area contributed by atoms with Crippen molar-refractivity contribution in [3.05, 3.63) is 30.2 Å². The van der Waals surface area contributed by atoms with E-state index in [1.54, 1.807) is 6.07 Å². The number of likely N-dealkylation sites (tertiary alicyclic amines) is 1. The number of benzene rings is 1. The lowest BCUT2D eigenvalue weighted by atomic mass is 10.0. The average Bonchev–Trinajstić information content (AvgIpc) is 2.82. The number of nitrogens with zero attached hydrogens (tertiary/aromatic N) is 2. The van der Waals surface area contributed by atoms with E-state index in [0.29, 0.717) is 11.1 Å². The van der Waals surface area contributed by atoms with Crippen LogP contribution in [0.5, 0.6) is 0 Å². The van der Waals surface area contributed by atoms with Gasteiger partial charge in [0.15, 0.2) is 0 Å². The maximum atomic E-state index is 13.9. The van der Waals surface area contributed by atoms with Gasteiger partial charge in [0.05, 0.1) is 5.52 Å². The van der Waals surface area contributed by atoms with Crippen LogP contribution in [0, 0.1) is 5.82 Å². The predicted molar refractivity (Wildman–Crippen MR) is 82.1 cm³/mol. The number of aromatic nitrogens is 1. The second kappa shape index (κ2) is 6.03. The lowest BCUT2D eigenvalue weighted by molar-refractivity contribution is -0.139. The van der Waals surface area contributed by atoms with Crippen LogP contribution < -0.4 is 5.32 Å². The molecule has 3 rings (SSSR count). The molecule has 1 N–H and O–H groups in total. The van der Waals surface area contributed by atoms with E-state index in [1.165, 1.54) is 12.3 Å². The van der Waals surface area contributed by atoms with Crippen LogP contribution in [0.2, 0.25) is 0 Å². The summed E-state index contributed by atoms with van der Waals surface area (Å²) in [6, 6.07) is 4.33. The van der Waals surface area contributed by atoms with Crippen molar-refractivity contribution in [2.45, 2.75) is 31.6 Å². The highest BCUT2D eigenvalue weighted by Gasteiger charge is 2.28. The Hall–Kier alpha value is -1.76. The minimum absolute atomic E-state index is 0.210. The molecule has 0 amide bonds. The molecule has 1 aliphatic heterocycles. The molecule has 1 aliphatic rings. The van der Waals surface area contributed by atoms with Crippen LogP contribution in [0.25, 0.3) is 10.9 Å². The Morgan fingerprint density at radius 3 is 2.57 bits per heavy atom. The van der Waals surface area contributed by atoms with Crippen molar-refractivity contribution in [1.82, 2.24) is 9.47 Å². The summed E-state index contributed by atoms with van der Waals surface area (Å²) in [5.74, 6) is -0.532. The van der Waals surface area contributed by atoms with Crippen molar-refractivity contribution in [3.8, 4) is 0 Å². The molecule has 126 valence electrons. The van der Waals surface area contributed by atoms with Crippen molar-refractivity contribution < 1.29 is 17.6 Å². The van der Waals surface area contributed by atoms with Crippen LogP contribution in [0.15, 0.2) is 24.4 Å². The zero-order valence-electron chi connectivity index (χ0n) is 12.8. The quantitative estimate of drug-likeness (QED) is 0.863. The van der Waals surface area contributed by atoms with E-state index in [0.717, 1.165) is 36.6 Å². The summed E-state index contributed by atoms with van der Waals surface area (Å²) < 4.78 is 52.8. The Labute approximate surface area is 131 Å². The summed E-state index contributed by atoms with van der Waals surface area (Å²) >= 11 is 0. The van der Waals surface area contributed by atoms with Gasteiger partial charge in [-0.05, 0) is 51.2 Å². The highest BCUT2D eigenvalue weighted by Crippen LogP contribution is 2.30. The van der Waals surface area contributed by atoms with Gasteiger partial charge in [-0.1, -0.05) is 0 Å². The summed E-state index contributed by atoms with van der Waals surface area (Å²) in [6.07, 6.45) is -1.12. The molecule has 1 saturated heterocycles. The molecule has 7 heteroatoms. The molecule has 0 spiro atoms. The third kappa shape index (κ3) is 3.77. The molecule has 0 radical (unpaired) electrons. The summed E-state index contributed by atoms with van der Waals surface area (Å²) in [5.41, 5.74) is 0.827. The van der Waals surface area contributed by atoms with E-state index < -0.39 is 18.5 Å². The largest absolute Gasteiger partial charge is 0.406 e. The molecule has 23 heavy (non-hydrogen) atoms. The van der Waals surface area contributed by atoms with Crippen molar-refractivity contribution in [1.29, 1.82) is 0 Å². The van der Waals surface area contributed by atoms with E-state index >= 15 is 0 Å². The van der Waals surface area contributed by atoms with E-state index in [4.69, 9.17) is 0 Å². The highest BCUT2D eigenvalue weighted by molar-refractivity contribution is 5.92. The van der Waals surface area contributed by atoms with Crippen molar-refractivity contribution in [2.75, 3.05) is 25.5 Å². The third-order valence-electron chi connectivity index (χ3n) is 4.28. The van der Waals surface area contributed by atoms with Gasteiger partial charge in [0.2, 0.25) is 0 Å². The van der Waals surface area contributed by atoms with Gasteiger partial charge in [0.1, 0.15) is 12.4 Å². The molecule has 1 aromatic heterocycles. The smallest absolute Gasteiger partial charge is 0.382 e. The Bertz CT molecular complexity index is 684. The van der Waals surface area contributed by atoms with E-state index in [1.807, 2.05) is 7.05 Å². The van der Waals surface area contributed by atoms with Gasteiger partial charge in [0, 0.05) is 23.3 Å². The normalized spacial score (nSPS) is 17.8. The summed E-state index contributed by atoms with van der Waals surface area (Å²) in [7, 11) is 2.05. The number of anilines is 1. The Kier molecular flexibility index (Phi) is 4.23. The predicted octanol–water partition coefficient (Wildman–Crippen LogP) is 3.85. The van der Waals surface area contributed by atoms with E-state index in [2.05, 4.69) is 10.2 Å². The molecular formula is C16H19F4N3. The number of rotatable bonds is 3. The highest BCUT2D eigenvalue weighted by atomic mass is 19.4.